The van der Waals surface area contributed by atoms with E-state index in [4.69, 9.17) is 5.11 Å². The van der Waals surface area contributed by atoms with E-state index in [1.165, 1.54) is 12.8 Å². The first-order valence-corrected chi connectivity index (χ1v) is 7.60. The second kappa shape index (κ2) is 6.88. The molecule has 0 saturated heterocycles. The van der Waals surface area contributed by atoms with Crippen LogP contribution in [0.1, 0.15) is 51.3 Å². The van der Waals surface area contributed by atoms with Gasteiger partial charge in [0.05, 0.1) is 18.3 Å². The Kier molecular flexibility index (Phi) is 5.17. The summed E-state index contributed by atoms with van der Waals surface area (Å²) in [7, 11) is 0. The summed E-state index contributed by atoms with van der Waals surface area (Å²) in [6.45, 7) is 5.95. The molecule has 20 heavy (non-hydrogen) atoms. The van der Waals surface area contributed by atoms with Crippen molar-refractivity contribution in [3.8, 4) is 0 Å². The van der Waals surface area contributed by atoms with E-state index in [1.54, 1.807) is 0 Å². The van der Waals surface area contributed by atoms with Crippen molar-refractivity contribution in [2.45, 2.75) is 52.1 Å². The van der Waals surface area contributed by atoms with Crippen LogP contribution in [0.15, 0.2) is 12.3 Å². The number of carbonyl (C=O) groups is 1. The maximum Gasteiger partial charge on any atom is 0.317 e. The summed E-state index contributed by atoms with van der Waals surface area (Å²) >= 11 is 0. The van der Waals surface area contributed by atoms with Gasteiger partial charge in [0.2, 0.25) is 0 Å². The Labute approximate surface area is 120 Å². The molecule has 5 heteroatoms. The van der Waals surface area contributed by atoms with Gasteiger partial charge in [-0.05, 0) is 37.7 Å². The lowest BCUT2D eigenvalue weighted by molar-refractivity contribution is -0.138. The zero-order valence-electron chi connectivity index (χ0n) is 12.5. The number of carboxylic acids is 1. The highest BCUT2D eigenvalue weighted by atomic mass is 16.4. The average molecular weight is 279 g/mol. The number of rotatable bonds is 9. The summed E-state index contributed by atoms with van der Waals surface area (Å²) in [6.07, 6.45) is 6.62. The fraction of sp³-hybridized carbons (Fsp3) is 0.733. The van der Waals surface area contributed by atoms with Crippen LogP contribution in [0, 0.1) is 5.92 Å². The van der Waals surface area contributed by atoms with Crippen LogP contribution in [0.2, 0.25) is 0 Å². The molecular weight excluding hydrogens is 254 g/mol. The lowest BCUT2D eigenvalue weighted by Gasteiger charge is -2.19. The van der Waals surface area contributed by atoms with Gasteiger partial charge in [0, 0.05) is 19.3 Å². The van der Waals surface area contributed by atoms with Gasteiger partial charge in [-0.15, -0.1) is 0 Å². The van der Waals surface area contributed by atoms with Gasteiger partial charge in [0.25, 0.3) is 0 Å². The standard InChI is InChI=1S/C15H25N3O2/c1-3-14(4-2)18-8-7-13(16-18)10-17(11-15(19)20)9-12-5-6-12/h7-8,12,14H,3-6,9-11H2,1-2H3,(H,19,20). The first-order valence-electron chi connectivity index (χ1n) is 7.60. The third-order valence-electron chi connectivity index (χ3n) is 3.94. The third kappa shape index (κ3) is 4.34. The molecule has 112 valence electrons. The monoisotopic (exact) mass is 279 g/mol. The van der Waals surface area contributed by atoms with Crippen molar-refractivity contribution in [3.05, 3.63) is 18.0 Å². The highest BCUT2D eigenvalue weighted by Gasteiger charge is 2.25. The second-order valence-corrected chi connectivity index (χ2v) is 5.76. The van der Waals surface area contributed by atoms with Crippen LogP contribution >= 0.6 is 0 Å². The summed E-state index contributed by atoms with van der Waals surface area (Å²) in [6, 6.07) is 2.46. The fourth-order valence-electron chi connectivity index (χ4n) is 2.60. The molecule has 1 saturated carbocycles. The SMILES string of the molecule is CCC(CC)n1ccc(CN(CC(=O)O)CC2CC2)n1. The zero-order chi connectivity index (χ0) is 14.5. The van der Waals surface area contributed by atoms with Gasteiger partial charge in [-0.1, -0.05) is 13.8 Å². The Morgan fingerprint density at radius 2 is 2.20 bits per heavy atom. The van der Waals surface area contributed by atoms with E-state index in [0.29, 0.717) is 18.5 Å². The molecule has 2 rings (SSSR count). The van der Waals surface area contributed by atoms with Gasteiger partial charge in [-0.25, -0.2) is 0 Å². The molecule has 1 aromatic heterocycles. The topological polar surface area (TPSA) is 58.4 Å². The van der Waals surface area contributed by atoms with E-state index in [0.717, 1.165) is 25.1 Å². The van der Waals surface area contributed by atoms with Crippen molar-refractivity contribution in [3.63, 3.8) is 0 Å². The second-order valence-electron chi connectivity index (χ2n) is 5.76. The molecule has 1 fully saturated rings. The number of hydrogen-bond donors (Lipinski definition) is 1. The van der Waals surface area contributed by atoms with Crippen molar-refractivity contribution in [2.24, 2.45) is 5.92 Å². The molecule has 1 aliphatic rings. The maximum absolute atomic E-state index is 10.9. The predicted molar refractivity (Wildman–Crippen MR) is 77.5 cm³/mol. The van der Waals surface area contributed by atoms with Crippen LogP contribution in [0.25, 0.3) is 0 Å². The zero-order valence-corrected chi connectivity index (χ0v) is 12.5. The molecule has 1 heterocycles. The van der Waals surface area contributed by atoms with Gasteiger partial charge in [0.1, 0.15) is 0 Å². The largest absolute Gasteiger partial charge is 0.480 e. The lowest BCUT2D eigenvalue weighted by atomic mass is 10.2. The van der Waals surface area contributed by atoms with Crippen molar-refractivity contribution in [1.82, 2.24) is 14.7 Å². The first kappa shape index (κ1) is 15.0. The molecule has 1 aromatic rings. The maximum atomic E-state index is 10.9. The Morgan fingerprint density at radius 1 is 1.50 bits per heavy atom. The van der Waals surface area contributed by atoms with E-state index in [2.05, 4.69) is 18.9 Å². The third-order valence-corrected chi connectivity index (χ3v) is 3.94. The van der Waals surface area contributed by atoms with E-state index >= 15 is 0 Å². The summed E-state index contributed by atoms with van der Waals surface area (Å²) in [5.74, 6) is -0.0689. The van der Waals surface area contributed by atoms with Crippen molar-refractivity contribution in [1.29, 1.82) is 0 Å². The van der Waals surface area contributed by atoms with Crippen molar-refractivity contribution in [2.75, 3.05) is 13.1 Å². The normalized spacial score (nSPS) is 15.2. The minimum absolute atomic E-state index is 0.106. The van der Waals surface area contributed by atoms with Crippen LogP contribution in [-0.2, 0) is 11.3 Å². The van der Waals surface area contributed by atoms with E-state index in [9.17, 15) is 4.79 Å². The number of hydrogen-bond acceptors (Lipinski definition) is 3. The van der Waals surface area contributed by atoms with Crippen LogP contribution in [0.4, 0.5) is 0 Å². The van der Waals surface area contributed by atoms with Gasteiger partial charge in [-0.2, -0.15) is 5.10 Å². The Balaban J connectivity index is 1.96. The molecule has 0 atom stereocenters. The fourth-order valence-corrected chi connectivity index (χ4v) is 2.60. The Morgan fingerprint density at radius 3 is 2.75 bits per heavy atom. The summed E-state index contributed by atoms with van der Waals surface area (Å²) < 4.78 is 2.02. The molecular formula is C15H25N3O2. The summed E-state index contributed by atoms with van der Waals surface area (Å²) in [5.41, 5.74) is 0.971. The summed E-state index contributed by atoms with van der Waals surface area (Å²) in [5, 5.41) is 13.6. The Bertz CT molecular complexity index is 436. The van der Waals surface area contributed by atoms with E-state index < -0.39 is 5.97 Å². The van der Waals surface area contributed by atoms with Crippen molar-refractivity contribution >= 4 is 5.97 Å². The van der Waals surface area contributed by atoms with Gasteiger partial charge < -0.3 is 5.11 Å². The quantitative estimate of drug-likeness (QED) is 0.754. The van der Waals surface area contributed by atoms with Crippen LogP contribution in [0.3, 0.4) is 0 Å². The van der Waals surface area contributed by atoms with Gasteiger partial charge >= 0.3 is 5.97 Å². The smallest absolute Gasteiger partial charge is 0.317 e. The highest BCUT2D eigenvalue weighted by molar-refractivity contribution is 5.69. The van der Waals surface area contributed by atoms with Crippen molar-refractivity contribution < 1.29 is 9.90 Å². The number of carboxylic acid groups (broad SMARTS) is 1. The molecule has 0 aliphatic heterocycles. The predicted octanol–water partition coefficient (Wildman–Crippen LogP) is 2.54. The average Bonchev–Trinajstić information content (AvgIpc) is 3.08. The molecule has 0 amide bonds. The minimum Gasteiger partial charge on any atom is -0.480 e. The van der Waals surface area contributed by atoms with Crippen LogP contribution in [-0.4, -0.2) is 38.8 Å². The first-order chi connectivity index (χ1) is 9.62. The highest BCUT2D eigenvalue weighted by Crippen LogP contribution is 2.30. The molecule has 1 N–H and O–H groups in total. The lowest BCUT2D eigenvalue weighted by Crippen LogP contribution is -2.31. The molecule has 0 radical (unpaired) electrons. The summed E-state index contributed by atoms with van der Waals surface area (Å²) in [4.78, 5) is 12.9. The Hall–Kier alpha value is -1.36. The van der Waals surface area contributed by atoms with Crippen LogP contribution in [0.5, 0.6) is 0 Å². The van der Waals surface area contributed by atoms with E-state index in [-0.39, 0.29) is 6.54 Å². The van der Waals surface area contributed by atoms with Crippen LogP contribution < -0.4 is 0 Å². The molecule has 0 unspecified atom stereocenters. The number of nitrogens with zero attached hydrogens (tertiary/aromatic N) is 3. The number of aromatic nitrogens is 2. The molecule has 1 aliphatic carbocycles. The number of aliphatic carboxylic acids is 1. The van der Waals surface area contributed by atoms with Gasteiger partial charge in [-0.3, -0.25) is 14.4 Å². The molecule has 5 nitrogen and oxygen atoms in total. The molecule has 0 aromatic carbocycles. The van der Waals surface area contributed by atoms with Gasteiger partial charge in [0.15, 0.2) is 0 Å². The van der Waals surface area contributed by atoms with E-state index in [1.807, 2.05) is 21.8 Å². The minimum atomic E-state index is -0.759. The molecule has 0 bridgehead atoms. The molecule has 0 spiro atoms.